The van der Waals surface area contributed by atoms with E-state index in [2.05, 4.69) is 30.6 Å². The zero-order valence-corrected chi connectivity index (χ0v) is 15.7. The van der Waals surface area contributed by atoms with Crippen LogP contribution in [0.15, 0.2) is 0 Å². The summed E-state index contributed by atoms with van der Waals surface area (Å²) in [7, 11) is 0. The average Bonchev–Trinajstić information content (AvgIpc) is 3.49. The van der Waals surface area contributed by atoms with Gasteiger partial charge in [0, 0.05) is 38.0 Å². The lowest BCUT2D eigenvalue weighted by Gasteiger charge is -2.32. The van der Waals surface area contributed by atoms with Gasteiger partial charge in [-0.05, 0) is 63.2 Å². The fraction of sp³-hybridized carbons (Fsp3) is 0.900. The maximum atomic E-state index is 12.3. The van der Waals surface area contributed by atoms with Crippen LogP contribution >= 0.6 is 0 Å². The molecule has 0 N–H and O–H groups in total. The van der Waals surface area contributed by atoms with E-state index < -0.39 is 0 Å². The van der Waals surface area contributed by atoms with E-state index in [-0.39, 0.29) is 0 Å². The molecule has 0 bridgehead atoms. The smallest absolute Gasteiger partial charge is 0.225 e. The first-order chi connectivity index (χ1) is 11.5. The molecule has 0 radical (unpaired) electrons. The lowest BCUT2D eigenvalue weighted by atomic mass is 9.92. The normalized spacial score (nSPS) is 32.5. The third-order valence-corrected chi connectivity index (χ3v) is 6.51. The van der Waals surface area contributed by atoms with Crippen LogP contribution in [-0.4, -0.2) is 47.8 Å². The minimum absolute atomic E-state index is 0.309. The first kappa shape index (κ1) is 17.8. The zero-order valence-electron chi connectivity index (χ0n) is 15.7. The summed E-state index contributed by atoms with van der Waals surface area (Å²) in [4.78, 5) is 28.8. The fourth-order valence-electron chi connectivity index (χ4n) is 4.24. The molecule has 2 saturated carbocycles. The summed E-state index contributed by atoms with van der Waals surface area (Å²) in [5.74, 6) is 3.37. The Kier molecular flexibility index (Phi) is 5.51. The van der Waals surface area contributed by atoms with E-state index in [1.54, 1.807) is 0 Å². The van der Waals surface area contributed by atoms with E-state index in [1.165, 1.54) is 6.42 Å². The molecule has 0 aromatic rings. The van der Waals surface area contributed by atoms with Crippen molar-refractivity contribution in [3.8, 4) is 0 Å². The molecule has 4 heteroatoms. The van der Waals surface area contributed by atoms with Gasteiger partial charge in [0.15, 0.2) is 0 Å². The van der Waals surface area contributed by atoms with E-state index in [0.29, 0.717) is 35.5 Å². The maximum Gasteiger partial charge on any atom is 0.225 e. The summed E-state index contributed by atoms with van der Waals surface area (Å²) in [5.41, 5.74) is 0. The van der Waals surface area contributed by atoms with Crippen molar-refractivity contribution >= 4 is 11.8 Å². The van der Waals surface area contributed by atoms with Gasteiger partial charge >= 0.3 is 0 Å². The van der Waals surface area contributed by atoms with Gasteiger partial charge < -0.3 is 9.80 Å². The topological polar surface area (TPSA) is 40.6 Å². The second-order valence-corrected chi connectivity index (χ2v) is 8.47. The number of hydrogen-bond donors (Lipinski definition) is 0. The molecule has 1 saturated heterocycles. The van der Waals surface area contributed by atoms with Crippen LogP contribution in [0.3, 0.4) is 0 Å². The molecule has 1 heterocycles. The first-order valence-corrected chi connectivity index (χ1v) is 10.1. The lowest BCUT2D eigenvalue weighted by Crippen LogP contribution is -2.39. The van der Waals surface area contributed by atoms with Gasteiger partial charge in [-0.1, -0.05) is 13.8 Å². The Labute approximate surface area is 146 Å². The molecule has 3 fully saturated rings. The van der Waals surface area contributed by atoms with E-state index in [4.69, 9.17) is 0 Å². The monoisotopic (exact) mass is 334 g/mol. The summed E-state index contributed by atoms with van der Waals surface area (Å²) in [6.07, 6.45) is 6.78. The molecule has 24 heavy (non-hydrogen) atoms. The second kappa shape index (κ2) is 7.45. The largest absolute Gasteiger partial charge is 0.343 e. The van der Waals surface area contributed by atoms with Crippen LogP contribution in [-0.2, 0) is 9.59 Å². The number of carbonyl (C=O) groups excluding carboxylic acids is 2. The molecule has 0 aromatic heterocycles. The molecule has 0 spiro atoms. The minimum atomic E-state index is 0.309. The van der Waals surface area contributed by atoms with Gasteiger partial charge in [0.05, 0.1) is 0 Å². The number of amides is 2. The predicted molar refractivity (Wildman–Crippen MR) is 95.3 cm³/mol. The molecule has 1 aliphatic heterocycles. The molecule has 3 rings (SSSR count). The second-order valence-electron chi connectivity index (χ2n) is 8.47. The zero-order chi connectivity index (χ0) is 17.3. The first-order valence-electron chi connectivity index (χ1n) is 10.1. The Morgan fingerprint density at radius 3 is 2.12 bits per heavy atom. The molecule has 0 unspecified atom stereocenters. The molecule has 0 aromatic carbocycles. The summed E-state index contributed by atoms with van der Waals surface area (Å²) in [6.45, 7) is 10.1. The van der Waals surface area contributed by atoms with Crippen molar-refractivity contribution in [2.45, 2.75) is 59.3 Å². The Hall–Kier alpha value is -1.06. The van der Waals surface area contributed by atoms with E-state index in [0.717, 1.165) is 64.2 Å². The van der Waals surface area contributed by atoms with Gasteiger partial charge in [0.25, 0.3) is 0 Å². The molecule has 3 aliphatic rings. The van der Waals surface area contributed by atoms with Crippen LogP contribution in [0.2, 0.25) is 0 Å². The SMILES string of the molecule is CCN(CCCC1CCN(C(=O)[C@@H]2C[C@@H]2C)CC1)C(=O)[C@H]1C[C@H]1C. The number of hydrogen-bond acceptors (Lipinski definition) is 2. The highest BCUT2D eigenvalue weighted by Gasteiger charge is 2.42. The third-order valence-electron chi connectivity index (χ3n) is 6.51. The van der Waals surface area contributed by atoms with Gasteiger partial charge in [0.1, 0.15) is 0 Å². The van der Waals surface area contributed by atoms with Gasteiger partial charge in [-0.15, -0.1) is 0 Å². The Balaban J connectivity index is 1.33. The van der Waals surface area contributed by atoms with Crippen molar-refractivity contribution in [3.63, 3.8) is 0 Å². The number of piperidine rings is 1. The van der Waals surface area contributed by atoms with Crippen molar-refractivity contribution in [1.82, 2.24) is 9.80 Å². The third kappa shape index (κ3) is 4.12. The van der Waals surface area contributed by atoms with E-state index in [1.807, 2.05) is 0 Å². The molecule has 2 aliphatic carbocycles. The number of likely N-dealkylation sites (tertiary alicyclic amines) is 1. The predicted octanol–water partition coefficient (Wildman–Crippen LogP) is 3.17. The van der Waals surface area contributed by atoms with Crippen LogP contribution in [0, 0.1) is 29.6 Å². The average molecular weight is 335 g/mol. The lowest BCUT2D eigenvalue weighted by molar-refractivity contribution is -0.135. The number of carbonyl (C=O) groups is 2. The quantitative estimate of drug-likeness (QED) is 0.717. The van der Waals surface area contributed by atoms with Gasteiger partial charge in [-0.3, -0.25) is 9.59 Å². The molecule has 2 amide bonds. The van der Waals surface area contributed by atoms with Gasteiger partial charge in [-0.25, -0.2) is 0 Å². The van der Waals surface area contributed by atoms with Crippen molar-refractivity contribution in [1.29, 1.82) is 0 Å². The van der Waals surface area contributed by atoms with Crippen molar-refractivity contribution in [3.05, 3.63) is 0 Å². The fourth-order valence-corrected chi connectivity index (χ4v) is 4.24. The number of nitrogens with zero attached hydrogens (tertiary/aromatic N) is 2. The summed E-state index contributed by atoms with van der Waals surface area (Å²) in [5, 5.41) is 0. The van der Waals surface area contributed by atoms with Crippen molar-refractivity contribution < 1.29 is 9.59 Å². The highest BCUT2D eigenvalue weighted by atomic mass is 16.2. The Bertz CT molecular complexity index is 470. The highest BCUT2D eigenvalue weighted by molar-refractivity contribution is 5.82. The van der Waals surface area contributed by atoms with Crippen LogP contribution in [0.5, 0.6) is 0 Å². The van der Waals surface area contributed by atoms with Gasteiger partial charge in [-0.2, -0.15) is 0 Å². The van der Waals surface area contributed by atoms with Crippen molar-refractivity contribution in [2.24, 2.45) is 29.6 Å². The highest BCUT2D eigenvalue weighted by Crippen LogP contribution is 2.40. The molecular weight excluding hydrogens is 300 g/mol. The molecule has 4 atom stereocenters. The number of rotatable bonds is 7. The Morgan fingerprint density at radius 2 is 1.62 bits per heavy atom. The maximum absolute atomic E-state index is 12.3. The minimum Gasteiger partial charge on any atom is -0.343 e. The van der Waals surface area contributed by atoms with Gasteiger partial charge in [0.2, 0.25) is 11.8 Å². The van der Waals surface area contributed by atoms with Crippen LogP contribution < -0.4 is 0 Å². The standard InChI is InChI=1S/C20H34N2O2/c1-4-21(19(23)17-12-14(17)2)9-5-6-16-7-10-22(11-8-16)20(24)18-13-15(18)3/h14-18H,4-13H2,1-3H3/t14-,15+,17+,18-/m1/s1. The summed E-state index contributed by atoms with van der Waals surface area (Å²) >= 11 is 0. The van der Waals surface area contributed by atoms with Crippen LogP contribution in [0.1, 0.15) is 59.3 Å². The molecule has 4 nitrogen and oxygen atoms in total. The van der Waals surface area contributed by atoms with E-state index >= 15 is 0 Å². The van der Waals surface area contributed by atoms with Crippen LogP contribution in [0.25, 0.3) is 0 Å². The molecular formula is C20H34N2O2. The van der Waals surface area contributed by atoms with E-state index in [9.17, 15) is 9.59 Å². The van der Waals surface area contributed by atoms with Crippen LogP contribution in [0.4, 0.5) is 0 Å². The summed E-state index contributed by atoms with van der Waals surface area (Å²) < 4.78 is 0. The van der Waals surface area contributed by atoms with Crippen molar-refractivity contribution in [2.75, 3.05) is 26.2 Å². The molecule has 136 valence electrons. The summed E-state index contributed by atoms with van der Waals surface area (Å²) in [6, 6.07) is 0. The Morgan fingerprint density at radius 1 is 1.04 bits per heavy atom.